The molecular formula is C29H26Cl2N4OS. The highest BCUT2D eigenvalue weighted by atomic mass is 35.5. The van der Waals surface area contributed by atoms with Gasteiger partial charge in [-0.1, -0.05) is 29.3 Å². The summed E-state index contributed by atoms with van der Waals surface area (Å²) in [5, 5.41) is 5.34. The monoisotopic (exact) mass is 548 g/mol. The van der Waals surface area contributed by atoms with Crippen molar-refractivity contribution in [3.63, 3.8) is 0 Å². The molecule has 0 amide bonds. The summed E-state index contributed by atoms with van der Waals surface area (Å²) in [7, 11) is 0. The average molecular weight is 550 g/mol. The second kappa shape index (κ2) is 10.4. The summed E-state index contributed by atoms with van der Waals surface area (Å²) >= 11 is 18.7. The Morgan fingerprint density at radius 1 is 0.946 bits per heavy atom. The largest absolute Gasteiger partial charge is 0.490 e. The molecule has 1 aliphatic carbocycles. The standard InChI is InChI=1S/C29H26Cl2N4OS/c30-19-10-15-25(23(31)18-19)34-17-5-9-26(34)28-27(24-8-3-4-16-32-24)33-29(37)35(28)20-11-13-22(14-12-20)36-21-6-1-2-7-21/h3-5,8-18,21,27-28H,1-2,6-7H2,(H,33,37)/t27-,28-/m0/s1. The molecule has 2 aliphatic rings. The van der Waals surface area contributed by atoms with Crippen molar-refractivity contribution >= 4 is 46.2 Å². The molecule has 0 radical (unpaired) electrons. The Hall–Kier alpha value is -3.06. The normalized spacial score (nSPS) is 19.8. The molecule has 2 aromatic carbocycles. The molecule has 1 N–H and O–H groups in total. The third-order valence-corrected chi connectivity index (χ3v) is 7.92. The van der Waals surface area contributed by atoms with Crippen LogP contribution in [0.15, 0.2) is 85.2 Å². The molecule has 0 spiro atoms. The number of rotatable bonds is 6. The van der Waals surface area contributed by atoms with Crippen LogP contribution in [-0.4, -0.2) is 20.8 Å². The summed E-state index contributed by atoms with van der Waals surface area (Å²) in [5.41, 5.74) is 3.77. The Kier molecular flexibility index (Phi) is 6.80. The van der Waals surface area contributed by atoms with Crippen LogP contribution in [0.25, 0.3) is 5.69 Å². The van der Waals surface area contributed by atoms with Crippen LogP contribution in [0.5, 0.6) is 5.75 Å². The number of pyridine rings is 1. The van der Waals surface area contributed by atoms with Crippen molar-refractivity contribution < 1.29 is 4.74 Å². The molecule has 6 rings (SSSR count). The highest BCUT2D eigenvalue weighted by molar-refractivity contribution is 7.80. The molecule has 1 aliphatic heterocycles. The van der Waals surface area contributed by atoms with Crippen molar-refractivity contribution in [1.29, 1.82) is 0 Å². The van der Waals surface area contributed by atoms with E-state index in [9.17, 15) is 0 Å². The van der Waals surface area contributed by atoms with Crippen molar-refractivity contribution in [2.24, 2.45) is 0 Å². The van der Waals surface area contributed by atoms with Crippen molar-refractivity contribution in [3.05, 3.63) is 107 Å². The van der Waals surface area contributed by atoms with Gasteiger partial charge in [-0.05, 0) is 105 Å². The van der Waals surface area contributed by atoms with E-state index in [1.165, 1.54) is 12.8 Å². The number of hydrogen-bond acceptors (Lipinski definition) is 3. The number of aromatic nitrogens is 2. The number of anilines is 1. The zero-order valence-electron chi connectivity index (χ0n) is 20.1. The number of nitrogens with one attached hydrogen (secondary N) is 1. The first-order valence-electron chi connectivity index (χ1n) is 12.5. The third-order valence-electron chi connectivity index (χ3n) is 7.07. The van der Waals surface area contributed by atoms with E-state index in [-0.39, 0.29) is 12.1 Å². The molecular weight excluding hydrogens is 523 g/mol. The van der Waals surface area contributed by atoms with Gasteiger partial charge >= 0.3 is 0 Å². The molecule has 2 fully saturated rings. The van der Waals surface area contributed by atoms with Crippen LogP contribution in [0.2, 0.25) is 10.0 Å². The van der Waals surface area contributed by atoms with Gasteiger partial charge in [-0.25, -0.2) is 0 Å². The SMILES string of the molecule is S=C1N[C@@H](c2ccccn2)[C@H](c2cccn2-c2ccc(Cl)cc2Cl)N1c1ccc(OC2CCCC2)cc1. The second-order valence-corrected chi connectivity index (χ2v) is 10.6. The van der Waals surface area contributed by atoms with Crippen LogP contribution in [0.3, 0.4) is 0 Å². The van der Waals surface area contributed by atoms with Crippen molar-refractivity contribution in [3.8, 4) is 11.4 Å². The van der Waals surface area contributed by atoms with E-state index in [1.54, 1.807) is 6.07 Å². The Bertz CT molecular complexity index is 1400. The van der Waals surface area contributed by atoms with Crippen LogP contribution in [0.1, 0.15) is 49.2 Å². The quantitative estimate of drug-likeness (QED) is 0.250. The van der Waals surface area contributed by atoms with Crippen LogP contribution in [0.4, 0.5) is 5.69 Å². The fourth-order valence-electron chi connectivity index (χ4n) is 5.35. The van der Waals surface area contributed by atoms with Crippen molar-refractivity contribution in [2.45, 2.75) is 43.9 Å². The van der Waals surface area contributed by atoms with Gasteiger partial charge in [-0.2, -0.15) is 0 Å². The predicted octanol–water partition coefficient (Wildman–Crippen LogP) is 7.68. The lowest BCUT2D eigenvalue weighted by Crippen LogP contribution is -2.30. The smallest absolute Gasteiger partial charge is 0.174 e. The maximum absolute atomic E-state index is 6.64. The summed E-state index contributed by atoms with van der Waals surface area (Å²) in [6.45, 7) is 0. The Balaban J connectivity index is 1.41. The second-order valence-electron chi connectivity index (χ2n) is 9.41. The number of nitrogens with zero attached hydrogens (tertiary/aromatic N) is 3. The lowest BCUT2D eigenvalue weighted by molar-refractivity contribution is 0.210. The van der Waals surface area contributed by atoms with Crippen LogP contribution < -0.4 is 15.0 Å². The first-order chi connectivity index (χ1) is 18.1. The number of thiocarbonyl (C=S) groups is 1. The number of benzene rings is 2. The molecule has 5 nitrogen and oxygen atoms in total. The molecule has 0 bridgehead atoms. The van der Waals surface area contributed by atoms with Gasteiger partial charge in [0, 0.05) is 28.8 Å². The van der Waals surface area contributed by atoms with Crippen molar-refractivity contribution in [1.82, 2.24) is 14.9 Å². The molecule has 3 heterocycles. The van der Waals surface area contributed by atoms with Gasteiger partial charge in [0.05, 0.1) is 28.5 Å². The number of halogens is 2. The summed E-state index contributed by atoms with van der Waals surface area (Å²) < 4.78 is 8.30. The summed E-state index contributed by atoms with van der Waals surface area (Å²) in [6.07, 6.45) is 8.87. The summed E-state index contributed by atoms with van der Waals surface area (Å²) in [4.78, 5) is 6.82. The van der Waals surface area contributed by atoms with Crippen molar-refractivity contribution in [2.75, 3.05) is 4.90 Å². The van der Waals surface area contributed by atoms with E-state index < -0.39 is 0 Å². The first kappa shape index (κ1) is 24.3. The first-order valence-corrected chi connectivity index (χ1v) is 13.6. The highest BCUT2D eigenvalue weighted by Gasteiger charge is 2.42. The van der Waals surface area contributed by atoms with Crippen LogP contribution in [0, 0.1) is 0 Å². The van der Waals surface area contributed by atoms with Gasteiger partial charge in [0.25, 0.3) is 0 Å². The number of ether oxygens (including phenoxy) is 1. The van der Waals surface area contributed by atoms with Gasteiger partial charge in [-0.15, -0.1) is 0 Å². The molecule has 0 unspecified atom stereocenters. The molecule has 8 heteroatoms. The van der Waals surface area contributed by atoms with E-state index in [2.05, 4.69) is 38.0 Å². The van der Waals surface area contributed by atoms with E-state index >= 15 is 0 Å². The molecule has 2 atom stereocenters. The lowest BCUT2D eigenvalue weighted by atomic mass is 10.0. The maximum atomic E-state index is 6.64. The topological polar surface area (TPSA) is 42.3 Å². The van der Waals surface area contributed by atoms with E-state index in [1.807, 2.05) is 60.9 Å². The fraction of sp³-hybridized carbons (Fsp3) is 0.241. The third kappa shape index (κ3) is 4.81. The highest BCUT2D eigenvalue weighted by Crippen LogP contribution is 2.43. The van der Waals surface area contributed by atoms with Gasteiger partial charge in [0.2, 0.25) is 0 Å². The maximum Gasteiger partial charge on any atom is 0.174 e. The minimum Gasteiger partial charge on any atom is -0.490 e. The van der Waals surface area contributed by atoms with Crippen LogP contribution in [-0.2, 0) is 0 Å². The van der Waals surface area contributed by atoms with Crippen LogP contribution >= 0.6 is 35.4 Å². The minimum atomic E-state index is -0.175. The summed E-state index contributed by atoms with van der Waals surface area (Å²) in [6, 6.07) is 23.5. The van der Waals surface area contributed by atoms with Gasteiger partial charge in [0.1, 0.15) is 11.8 Å². The number of hydrogen-bond donors (Lipinski definition) is 1. The molecule has 1 saturated heterocycles. The minimum absolute atomic E-state index is 0.164. The Morgan fingerprint density at radius 3 is 2.49 bits per heavy atom. The average Bonchev–Trinajstić information content (AvgIpc) is 3.66. The zero-order valence-corrected chi connectivity index (χ0v) is 22.4. The zero-order chi connectivity index (χ0) is 25.4. The molecule has 1 saturated carbocycles. The molecule has 188 valence electrons. The fourth-order valence-corrected chi connectivity index (χ4v) is 6.19. The van der Waals surface area contributed by atoms with Gasteiger partial charge in [-0.3, -0.25) is 4.98 Å². The predicted molar refractivity (Wildman–Crippen MR) is 153 cm³/mol. The molecule has 37 heavy (non-hydrogen) atoms. The lowest BCUT2D eigenvalue weighted by Gasteiger charge is -2.29. The Labute approximate surface area is 232 Å². The molecule has 2 aromatic heterocycles. The molecule has 4 aromatic rings. The Morgan fingerprint density at radius 2 is 1.76 bits per heavy atom. The van der Waals surface area contributed by atoms with E-state index in [0.29, 0.717) is 21.3 Å². The van der Waals surface area contributed by atoms with Gasteiger partial charge in [0.15, 0.2) is 5.11 Å². The van der Waals surface area contributed by atoms with E-state index in [0.717, 1.165) is 41.4 Å². The summed E-state index contributed by atoms with van der Waals surface area (Å²) in [5.74, 6) is 0.892. The van der Waals surface area contributed by atoms with E-state index in [4.69, 9.17) is 40.2 Å². The van der Waals surface area contributed by atoms with Gasteiger partial charge < -0.3 is 19.5 Å².